The standard InChI is InChI=1S/C18H21ClN2O4S/c1-21(15-5-4-6-16(11-15)25-2)18(22)12-17(20-26(3,23)24)13-7-9-14(19)10-8-13/h4-11,17,20H,12H2,1-3H3/t17-/m0/s1. The zero-order valence-corrected chi connectivity index (χ0v) is 16.3. The molecule has 0 aromatic heterocycles. The molecule has 0 aliphatic carbocycles. The van der Waals surface area contributed by atoms with Gasteiger partial charge in [0.05, 0.1) is 19.4 Å². The van der Waals surface area contributed by atoms with Crippen molar-refractivity contribution in [1.29, 1.82) is 0 Å². The maximum absolute atomic E-state index is 12.7. The van der Waals surface area contributed by atoms with Gasteiger partial charge in [-0.1, -0.05) is 29.8 Å². The fourth-order valence-electron chi connectivity index (χ4n) is 2.46. The Hall–Kier alpha value is -2.09. The van der Waals surface area contributed by atoms with Crippen LogP contribution in [-0.2, 0) is 14.8 Å². The summed E-state index contributed by atoms with van der Waals surface area (Å²) in [4.78, 5) is 14.2. The lowest BCUT2D eigenvalue weighted by molar-refractivity contribution is -0.118. The summed E-state index contributed by atoms with van der Waals surface area (Å²) in [6.07, 6.45) is 1.02. The highest BCUT2D eigenvalue weighted by Crippen LogP contribution is 2.24. The summed E-state index contributed by atoms with van der Waals surface area (Å²) >= 11 is 5.89. The van der Waals surface area contributed by atoms with Crippen LogP contribution in [0.3, 0.4) is 0 Å². The topological polar surface area (TPSA) is 75.7 Å². The van der Waals surface area contributed by atoms with E-state index in [4.69, 9.17) is 16.3 Å². The number of anilines is 1. The van der Waals surface area contributed by atoms with Gasteiger partial charge in [0.25, 0.3) is 0 Å². The van der Waals surface area contributed by atoms with Crippen LogP contribution < -0.4 is 14.4 Å². The summed E-state index contributed by atoms with van der Waals surface area (Å²) in [5.74, 6) is 0.389. The quantitative estimate of drug-likeness (QED) is 0.780. The molecule has 0 saturated carbocycles. The van der Waals surface area contributed by atoms with E-state index in [1.165, 1.54) is 4.90 Å². The molecule has 0 spiro atoms. The van der Waals surface area contributed by atoms with Crippen LogP contribution in [0, 0.1) is 0 Å². The Morgan fingerprint density at radius 1 is 1.23 bits per heavy atom. The molecule has 0 saturated heterocycles. The highest BCUT2D eigenvalue weighted by atomic mass is 35.5. The Balaban J connectivity index is 2.23. The Morgan fingerprint density at radius 2 is 1.88 bits per heavy atom. The Bertz CT molecular complexity index is 869. The minimum Gasteiger partial charge on any atom is -0.497 e. The van der Waals surface area contributed by atoms with Crippen LogP contribution in [-0.4, -0.2) is 34.7 Å². The average Bonchev–Trinajstić information content (AvgIpc) is 2.60. The van der Waals surface area contributed by atoms with Gasteiger partial charge in [-0.15, -0.1) is 0 Å². The first-order chi connectivity index (χ1) is 12.2. The molecule has 0 unspecified atom stereocenters. The third-order valence-corrected chi connectivity index (χ3v) is 4.79. The molecule has 2 rings (SSSR count). The molecule has 140 valence electrons. The smallest absolute Gasteiger partial charge is 0.228 e. The third kappa shape index (κ3) is 5.72. The number of hydrogen-bond donors (Lipinski definition) is 1. The summed E-state index contributed by atoms with van der Waals surface area (Å²) in [6.45, 7) is 0. The molecule has 26 heavy (non-hydrogen) atoms. The first-order valence-corrected chi connectivity index (χ1v) is 10.1. The van der Waals surface area contributed by atoms with Gasteiger partial charge in [0.2, 0.25) is 15.9 Å². The van der Waals surface area contributed by atoms with E-state index >= 15 is 0 Å². The van der Waals surface area contributed by atoms with Crippen LogP contribution in [0.1, 0.15) is 18.0 Å². The fourth-order valence-corrected chi connectivity index (χ4v) is 3.32. The maximum atomic E-state index is 12.7. The molecule has 6 nitrogen and oxygen atoms in total. The monoisotopic (exact) mass is 396 g/mol. The number of methoxy groups -OCH3 is 1. The molecule has 0 radical (unpaired) electrons. The molecule has 1 amide bonds. The third-order valence-electron chi connectivity index (χ3n) is 3.82. The molecule has 2 aromatic carbocycles. The summed E-state index contributed by atoms with van der Waals surface area (Å²) in [5.41, 5.74) is 1.32. The number of ether oxygens (including phenoxy) is 1. The van der Waals surface area contributed by atoms with E-state index < -0.39 is 16.1 Å². The van der Waals surface area contributed by atoms with E-state index in [0.29, 0.717) is 22.0 Å². The second-order valence-electron chi connectivity index (χ2n) is 5.85. The minimum absolute atomic E-state index is 0.0393. The first-order valence-electron chi connectivity index (χ1n) is 7.83. The van der Waals surface area contributed by atoms with Gasteiger partial charge < -0.3 is 9.64 Å². The van der Waals surface area contributed by atoms with Crippen LogP contribution in [0.5, 0.6) is 5.75 Å². The first kappa shape index (κ1) is 20.2. The molecule has 0 aliphatic rings. The summed E-state index contributed by atoms with van der Waals surface area (Å²) in [6, 6.07) is 13.1. The maximum Gasteiger partial charge on any atom is 0.228 e. The lowest BCUT2D eigenvalue weighted by Crippen LogP contribution is -2.34. The summed E-state index contributed by atoms with van der Waals surface area (Å²) in [7, 11) is -0.317. The Labute approximate surface area is 158 Å². The Kier molecular flexibility index (Phi) is 6.63. The second kappa shape index (κ2) is 8.53. The average molecular weight is 397 g/mol. The van der Waals surface area contributed by atoms with Crippen molar-refractivity contribution >= 4 is 33.2 Å². The van der Waals surface area contributed by atoms with Crippen molar-refractivity contribution in [3.05, 3.63) is 59.1 Å². The van der Waals surface area contributed by atoms with Crippen LogP contribution in [0.4, 0.5) is 5.69 Å². The largest absolute Gasteiger partial charge is 0.497 e. The molecule has 0 bridgehead atoms. The van der Waals surface area contributed by atoms with E-state index in [9.17, 15) is 13.2 Å². The highest BCUT2D eigenvalue weighted by molar-refractivity contribution is 7.88. The van der Waals surface area contributed by atoms with E-state index in [1.807, 2.05) is 0 Å². The van der Waals surface area contributed by atoms with E-state index in [0.717, 1.165) is 6.26 Å². The number of amides is 1. The number of nitrogens with one attached hydrogen (secondary N) is 1. The second-order valence-corrected chi connectivity index (χ2v) is 8.07. The van der Waals surface area contributed by atoms with Gasteiger partial charge in [-0.3, -0.25) is 4.79 Å². The highest BCUT2D eigenvalue weighted by Gasteiger charge is 2.22. The zero-order valence-electron chi connectivity index (χ0n) is 14.8. The lowest BCUT2D eigenvalue weighted by atomic mass is 10.0. The number of hydrogen-bond acceptors (Lipinski definition) is 4. The molecule has 8 heteroatoms. The van der Waals surface area contributed by atoms with Gasteiger partial charge in [0.15, 0.2) is 0 Å². The van der Waals surface area contributed by atoms with Gasteiger partial charge in [0.1, 0.15) is 5.75 Å². The van der Waals surface area contributed by atoms with Crippen molar-refractivity contribution in [2.75, 3.05) is 25.3 Å². The van der Waals surface area contributed by atoms with Crippen LogP contribution in [0.2, 0.25) is 5.02 Å². The van der Waals surface area contributed by atoms with Gasteiger partial charge in [-0.25, -0.2) is 13.1 Å². The number of benzene rings is 2. The lowest BCUT2D eigenvalue weighted by Gasteiger charge is -2.23. The van der Waals surface area contributed by atoms with Crippen molar-refractivity contribution in [2.24, 2.45) is 0 Å². The Morgan fingerprint density at radius 3 is 2.46 bits per heavy atom. The van der Waals surface area contributed by atoms with E-state index in [-0.39, 0.29) is 12.3 Å². The number of carbonyl (C=O) groups is 1. The SMILES string of the molecule is COc1cccc(N(C)C(=O)C[C@H](NS(C)(=O)=O)c2ccc(Cl)cc2)c1. The zero-order chi connectivity index (χ0) is 19.3. The van der Waals surface area contributed by atoms with Gasteiger partial charge >= 0.3 is 0 Å². The minimum atomic E-state index is -3.50. The number of carbonyl (C=O) groups excluding carboxylic acids is 1. The van der Waals surface area contributed by atoms with Crippen LogP contribution in [0.25, 0.3) is 0 Å². The van der Waals surface area contributed by atoms with Crippen molar-refractivity contribution in [2.45, 2.75) is 12.5 Å². The van der Waals surface area contributed by atoms with Crippen LogP contribution >= 0.6 is 11.6 Å². The molecular weight excluding hydrogens is 376 g/mol. The van der Waals surface area contributed by atoms with E-state index in [2.05, 4.69) is 4.72 Å². The number of rotatable bonds is 7. The van der Waals surface area contributed by atoms with Crippen molar-refractivity contribution in [3.63, 3.8) is 0 Å². The molecular formula is C18H21ClN2O4S. The summed E-state index contributed by atoms with van der Waals surface area (Å²) in [5, 5.41) is 0.534. The van der Waals surface area contributed by atoms with Crippen LogP contribution in [0.15, 0.2) is 48.5 Å². The molecule has 1 atom stereocenters. The van der Waals surface area contributed by atoms with Gasteiger partial charge in [-0.05, 0) is 29.8 Å². The fraction of sp³-hybridized carbons (Fsp3) is 0.278. The number of sulfonamides is 1. The molecule has 1 N–H and O–H groups in total. The predicted molar refractivity (Wildman–Crippen MR) is 103 cm³/mol. The van der Waals surface area contributed by atoms with E-state index in [1.54, 1.807) is 62.7 Å². The van der Waals surface area contributed by atoms with Crippen molar-refractivity contribution in [1.82, 2.24) is 4.72 Å². The van der Waals surface area contributed by atoms with Crippen molar-refractivity contribution < 1.29 is 17.9 Å². The molecule has 2 aromatic rings. The normalized spacial score (nSPS) is 12.5. The van der Waals surface area contributed by atoms with Crippen molar-refractivity contribution in [3.8, 4) is 5.75 Å². The number of nitrogens with zero attached hydrogens (tertiary/aromatic N) is 1. The van der Waals surface area contributed by atoms with Gasteiger partial charge in [0, 0.05) is 30.2 Å². The molecule has 0 aliphatic heterocycles. The summed E-state index contributed by atoms with van der Waals surface area (Å²) < 4.78 is 31.1. The van der Waals surface area contributed by atoms with Gasteiger partial charge in [-0.2, -0.15) is 0 Å². The number of halogens is 1. The molecule has 0 fully saturated rings. The molecule has 0 heterocycles. The predicted octanol–water partition coefficient (Wildman–Crippen LogP) is 2.99.